The molecule has 2 atom stereocenters. The highest BCUT2D eigenvalue weighted by molar-refractivity contribution is 7.89. The van der Waals surface area contributed by atoms with Gasteiger partial charge in [0, 0.05) is 49.6 Å². The third kappa shape index (κ3) is 5.10. The van der Waals surface area contributed by atoms with Crippen molar-refractivity contribution in [2.24, 2.45) is 0 Å². The van der Waals surface area contributed by atoms with Crippen LogP contribution in [-0.4, -0.2) is 74.4 Å². The van der Waals surface area contributed by atoms with E-state index in [4.69, 9.17) is 20.9 Å². The fourth-order valence-electron chi connectivity index (χ4n) is 5.06. The van der Waals surface area contributed by atoms with Gasteiger partial charge in [-0.2, -0.15) is 0 Å². The second-order valence-electron chi connectivity index (χ2n) is 10.6. The maximum atomic E-state index is 13.7. The lowest BCUT2D eigenvalue weighted by Gasteiger charge is -2.30. The van der Waals surface area contributed by atoms with Gasteiger partial charge < -0.3 is 14.6 Å². The molecule has 0 aliphatic carbocycles. The summed E-state index contributed by atoms with van der Waals surface area (Å²) in [5, 5.41) is 15.2. The van der Waals surface area contributed by atoms with Gasteiger partial charge in [-0.15, -0.1) is 5.10 Å². The van der Waals surface area contributed by atoms with Gasteiger partial charge in [0.25, 0.3) is 10.0 Å². The monoisotopic (exact) mass is 612 g/mol. The molecule has 0 bridgehead atoms. The number of fused-ring (bicyclic) bond motifs is 2. The number of halogens is 1. The van der Waals surface area contributed by atoms with Gasteiger partial charge in [-0.05, 0) is 32.5 Å². The van der Waals surface area contributed by atoms with E-state index in [9.17, 15) is 13.2 Å². The SMILES string of the molecule is CC(C)N(C)Cc1ccc2c(c1)OCCC2n1cc(CC2C(=O)NC=CN2S(=O)(=O)c2cnc(Cl)c3cnoc23)nn1. The van der Waals surface area contributed by atoms with E-state index in [0.29, 0.717) is 24.8 Å². The Hall–Kier alpha value is -4.01. The van der Waals surface area contributed by atoms with Gasteiger partial charge >= 0.3 is 0 Å². The lowest BCUT2D eigenvalue weighted by molar-refractivity contribution is -0.124. The molecule has 220 valence electrons. The van der Waals surface area contributed by atoms with Crippen LogP contribution >= 0.6 is 11.6 Å². The summed E-state index contributed by atoms with van der Waals surface area (Å²) in [6.07, 6.45) is 7.34. The van der Waals surface area contributed by atoms with Crippen molar-refractivity contribution < 1.29 is 22.5 Å². The third-order valence-corrected chi connectivity index (χ3v) is 9.68. The van der Waals surface area contributed by atoms with Crippen molar-refractivity contribution in [3.63, 3.8) is 0 Å². The minimum Gasteiger partial charge on any atom is -0.493 e. The molecule has 6 rings (SSSR count). The van der Waals surface area contributed by atoms with Crippen molar-refractivity contribution in [3.8, 4) is 5.75 Å². The Bertz CT molecular complexity index is 1790. The zero-order valence-corrected chi connectivity index (χ0v) is 24.7. The predicted octanol–water partition coefficient (Wildman–Crippen LogP) is 2.88. The van der Waals surface area contributed by atoms with Crippen molar-refractivity contribution in [1.29, 1.82) is 0 Å². The Morgan fingerprint density at radius 2 is 2.10 bits per heavy atom. The van der Waals surface area contributed by atoms with E-state index >= 15 is 0 Å². The number of nitrogens with zero attached hydrogens (tertiary/aromatic N) is 7. The van der Waals surface area contributed by atoms with Gasteiger partial charge in [0.2, 0.25) is 5.91 Å². The van der Waals surface area contributed by atoms with Crippen LogP contribution in [0.3, 0.4) is 0 Å². The van der Waals surface area contributed by atoms with E-state index < -0.39 is 22.0 Å². The Kier molecular flexibility index (Phi) is 7.37. The molecule has 42 heavy (non-hydrogen) atoms. The predicted molar refractivity (Wildman–Crippen MR) is 152 cm³/mol. The van der Waals surface area contributed by atoms with Crippen LogP contribution in [0.4, 0.5) is 0 Å². The van der Waals surface area contributed by atoms with Crippen molar-refractivity contribution in [2.45, 2.75) is 56.3 Å². The Morgan fingerprint density at radius 3 is 2.90 bits per heavy atom. The van der Waals surface area contributed by atoms with Crippen LogP contribution in [-0.2, 0) is 27.8 Å². The number of carbonyl (C=O) groups excluding carboxylic acids is 1. The first-order valence-corrected chi connectivity index (χ1v) is 15.2. The summed E-state index contributed by atoms with van der Waals surface area (Å²) in [6, 6.07) is 5.38. The van der Waals surface area contributed by atoms with Crippen molar-refractivity contribution in [2.75, 3.05) is 13.7 Å². The van der Waals surface area contributed by atoms with Gasteiger partial charge in [0.15, 0.2) is 10.5 Å². The fourth-order valence-corrected chi connectivity index (χ4v) is 6.76. The molecule has 1 N–H and O–H groups in total. The minimum absolute atomic E-state index is 0.0213. The molecular formula is C27H29ClN8O5S. The standard InChI is InChI=1S/C27H29ClN8O5S/c1-16(2)34(3)14-17-4-5-19-21(6-9-40-23(19)10-17)35-15-18(32-33-35)11-22-27(37)29-7-8-36(22)42(38,39)24-13-30-26(28)20-12-31-41-25(20)24/h4-5,7-8,10,12-13,15-16,21-22H,6,9,11,14H2,1-3H3,(H,29,37). The zero-order valence-electron chi connectivity index (χ0n) is 23.1. The van der Waals surface area contributed by atoms with E-state index in [2.05, 4.69) is 69.8 Å². The molecule has 0 saturated heterocycles. The van der Waals surface area contributed by atoms with E-state index in [1.54, 1.807) is 10.9 Å². The second kappa shape index (κ2) is 11.0. The maximum Gasteiger partial charge on any atom is 0.270 e. The molecule has 2 aliphatic heterocycles. The Labute approximate surface area is 247 Å². The molecule has 15 heteroatoms. The molecule has 0 radical (unpaired) electrons. The number of aromatic nitrogens is 5. The highest BCUT2D eigenvalue weighted by Crippen LogP contribution is 2.36. The summed E-state index contributed by atoms with van der Waals surface area (Å²) < 4.78 is 41.4. The summed E-state index contributed by atoms with van der Waals surface area (Å²) >= 11 is 6.08. The molecule has 2 aliphatic rings. The van der Waals surface area contributed by atoms with Crippen LogP contribution in [0.2, 0.25) is 5.15 Å². The number of rotatable bonds is 8. The minimum atomic E-state index is -4.29. The van der Waals surface area contributed by atoms with Crippen molar-refractivity contribution >= 4 is 38.5 Å². The van der Waals surface area contributed by atoms with E-state index in [1.807, 2.05) is 0 Å². The van der Waals surface area contributed by atoms with Crippen molar-refractivity contribution in [3.05, 3.63) is 71.2 Å². The van der Waals surface area contributed by atoms with E-state index in [0.717, 1.165) is 33.9 Å². The summed E-state index contributed by atoms with van der Waals surface area (Å²) in [5.41, 5.74) is 2.55. The molecule has 0 fully saturated rings. The second-order valence-corrected chi connectivity index (χ2v) is 12.8. The van der Waals surface area contributed by atoms with Crippen LogP contribution in [0.25, 0.3) is 11.0 Å². The zero-order chi connectivity index (χ0) is 29.6. The van der Waals surface area contributed by atoms with Crippen LogP contribution in [0.1, 0.15) is 43.1 Å². The number of sulfonamides is 1. The lowest BCUT2D eigenvalue weighted by Crippen LogP contribution is -2.50. The molecule has 0 spiro atoms. The normalized spacial score (nSPS) is 18.9. The van der Waals surface area contributed by atoms with E-state index in [1.165, 1.54) is 18.6 Å². The van der Waals surface area contributed by atoms with Gasteiger partial charge in [0.1, 0.15) is 16.9 Å². The van der Waals surface area contributed by atoms with Gasteiger partial charge in [-0.25, -0.2) is 18.1 Å². The maximum absolute atomic E-state index is 13.7. The summed E-state index contributed by atoms with van der Waals surface area (Å²) in [7, 11) is -2.21. The lowest BCUT2D eigenvalue weighted by atomic mass is 9.98. The molecule has 2 unspecified atom stereocenters. The number of pyridine rings is 1. The smallest absolute Gasteiger partial charge is 0.270 e. The quantitative estimate of drug-likeness (QED) is 0.294. The van der Waals surface area contributed by atoms with Crippen molar-refractivity contribution in [1.82, 2.24) is 39.7 Å². The molecule has 1 aromatic carbocycles. The third-order valence-electron chi connectivity index (χ3n) is 7.60. The summed E-state index contributed by atoms with van der Waals surface area (Å²) in [6.45, 7) is 5.62. The first-order chi connectivity index (χ1) is 20.1. The molecule has 1 amide bonds. The topological polar surface area (TPSA) is 149 Å². The number of benzene rings is 1. The van der Waals surface area contributed by atoms with E-state index in [-0.39, 0.29) is 33.5 Å². The number of hydrogen-bond donors (Lipinski definition) is 1. The Morgan fingerprint density at radius 1 is 1.26 bits per heavy atom. The van der Waals surface area contributed by atoms with Gasteiger partial charge in [0.05, 0.1) is 36.1 Å². The van der Waals surface area contributed by atoms with Crippen LogP contribution in [0.5, 0.6) is 5.75 Å². The summed E-state index contributed by atoms with van der Waals surface area (Å²) in [5.74, 6) is 0.295. The largest absolute Gasteiger partial charge is 0.493 e. The first-order valence-electron chi connectivity index (χ1n) is 13.4. The molecule has 13 nitrogen and oxygen atoms in total. The molecule has 5 heterocycles. The number of hydrogen-bond acceptors (Lipinski definition) is 10. The highest BCUT2D eigenvalue weighted by Gasteiger charge is 2.38. The number of amides is 1. The molecule has 3 aromatic heterocycles. The average molecular weight is 613 g/mol. The van der Waals surface area contributed by atoms with Gasteiger partial charge in [-0.3, -0.25) is 14.0 Å². The molecule has 0 saturated carbocycles. The highest BCUT2D eigenvalue weighted by atomic mass is 35.5. The average Bonchev–Trinajstić information content (AvgIpc) is 3.64. The first kappa shape index (κ1) is 28.1. The van der Waals surface area contributed by atoms with Crippen LogP contribution < -0.4 is 10.1 Å². The number of nitrogens with one attached hydrogen (secondary N) is 1. The molecule has 4 aromatic rings. The fraction of sp³-hybridized carbons (Fsp3) is 0.370. The molecular weight excluding hydrogens is 584 g/mol. The number of ether oxygens (including phenoxy) is 1. The Balaban J connectivity index is 1.25. The van der Waals surface area contributed by atoms with Gasteiger partial charge in [-0.1, -0.05) is 34.1 Å². The van der Waals surface area contributed by atoms with Crippen LogP contribution in [0.15, 0.2) is 58.6 Å². The van der Waals surface area contributed by atoms with Crippen LogP contribution in [0, 0.1) is 0 Å². The number of carbonyl (C=O) groups is 1. The summed E-state index contributed by atoms with van der Waals surface area (Å²) in [4.78, 5) is 18.9.